The van der Waals surface area contributed by atoms with Crippen LogP contribution in [0, 0.1) is 0 Å². The molecule has 51 heavy (non-hydrogen) atoms. The summed E-state index contributed by atoms with van der Waals surface area (Å²) in [5.41, 5.74) is 12.3. The van der Waals surface area contributed by atoms with Gasteiger partial charge in [-0.15, -0.1) is 0 Å². The molecule has 0 unspecified atom stereocenters. The van der Waals surface area contributed by atoms with Crippen molar-refractivity contribution in [2.45, 2.75) is 0 Å². The molecule has 8 aromatic carbocycles. The van der Waals surface area contributed by atoms with Crippen LogP contribution in [-0.4, -0.2) is 9.55 Å². The topological polar surface area (TPSA) is 44.1 Å². The molecule has 0 spiro atoms. The van der Waals surface area contributed by atoms with Crippen LogP contribution in [-0.2, 0) is 0 Å². The number of benzene rings is 8. The number of aromatic nitrogens is 2. The fourth-order valence-corrected chi connectivity index (χ4v) is 7.67. The number of nitrogens with zero attached hydrogens (tertiary/aromatic N) is 2. The van der Waals surface area contributed by atoms with Crippen LogP contribution in [0.3, 0.4) is 0 Å². The average molecular weight is 653 g/mol. The minimum Gasteiger partial charge on any atom is -0.452 e. The fourth-order valence-electron chi connectivity index (χ4n) is 7.67. The first-order chi connectivity index (χ1) is 25.2. The number of rotatable bonds is 4. The van der Waals surface area contributed by atoms with E-state index in [4.69, 9.17) is 13.8 Å². The van der Waals surface area contributed by atoms with E-state index in [2.05, 4.69) is 144 Å². The van der Waals surface area contributed by atoms with Gasteiger partial charge in [-0.2, -0.15) is 0 Å². The van der Waals surface area contributed by atoms with Crippen molar-refractivity contribution in [2.75, 3.05) is 0 Å². The molecule has 0 N–H and O–H groups in total. The van der Waals surface area contributed by atoms with Gasteiger partial charge in [0.05, 0.1) is 11.0 Å². The van der Waals surface area contributed by atoms with Crippen LogP contribution in [0.2, 0.25) is 0 Å². The van der Waals surface area contributed by atoms with Crippen LogP contribution < -0.4 is 0 Å². The number of fused-ring (bicyclic) bond motifs is 9. The van der Waals surface area contributed by atoms with E-state index in [1.165, 1.54) is 27.5 Å². The molecule has 0 aliphatic carbocycles. The van der Waals surface area contributed by atoms with E-state index in [1.807, 2.05) is 30.3 Å². The minimum absolute atomic E-state index is 0.796. The van der Waals surface area contributed by atoms with Gasteiger partial charge in [0.25, 0.3) is 0 Å². The van der Waals surface area contributed by atoms with Crippen LogP contribution >= 0.6 is 0 Å². The van der Waals surface area contributed by atoms with Crippen molar-refractivity contribution >= 4 is 65.7 Å². The molecular weight excluding hydrogens is 625 g/mol. The first kappa shape index (κ1) is 28.0. The van der Waals surface area contributed by atoms with E-state index in [0.717, 1.165) is 77.5 Å². The maximum Gasteiger partial charge on any atom is 0.178 e. The summed E-state index contributed by atoms with van der Waals surface area (Å²) in [5, 5.41) is 6.73. The Hall–Kier alpha value is -6.91. The maximum absolute atomic E-state index is 6.39. The Labute approximate surface area is 292 Å². The number of para-hydroxylation sites is 3. The molecule has 0 fully saturated rings. The molecule has 11 rings (SSSR count). The van der Waals surface area contributed by atoms with Crippen LogP contribution in [0.15, 0.2) is 179 Å². The second-order valence-electron chi connectivity index (χ2n) is 13.2. The average Bonchev–Trinajstić information content (AvgIpc) is 3.89. The third-order valence-corrected chi connectivity index (χ3v) is 10.2. The number of hydrogen-bond acceptors (Lipinski definition) is 3. The van der Waals surface area contributed by atoms with Gasteiger partial charge in [0.2, 0.25) is 0 Å². The zero-order valence-electron chi connectivity index (χ0n) is 27.4. The number of furan rings is 2. The third-order valence-electron chi connectivity index (χ3n) is 10.2. The summed E-state index contributed by atoms with van der Waals surface area (Å²) in [6, 6.07) is 59.8. The summed E-state index contributed by atoms with van der Waals surface area (Å²) in [6.07, 6.45) is 0. The Morgan fingerprint density at radius 2 is 0.980 bits per heavy atom. The van der Waals surface area contributed by atoms with E-state index in [-0.39, 0.29) is 0 Å². The summed E-state index contributed by atoms with van der Waals surface area (Å²) >= 11 is 0. The van der Waals surface area contributed by atoms with Gasteiger partial charge < -0.3 is 8.83 Å². The van der Waals surface area contributed by atoms with Crippen molar-refractivity contribution in [3.63, 3.8) is 0 Å². The van der Waals surface area contributed by atoms with Crippen molar-refractivity contribution in [3.05, 3.63) is 170 Å². The SMILES string of the molecule is c1ccc(-c2nc3ccccc3n2-c2ccc(-c3ccc4cc(-c5ccc6oc7c(ccc8c9ccccc9oc87)c6c5)ccc4c3)cc2)cc1. The van der Waals surface area contributed by atoms with E-state index in [0.29, 0.717) is 0 Å². The smallest absolute Gasteiger partial charge is 0.178 e. The lowest BCUT2D eigenvalue weighted by atomic mass is 9.97. The first-order valence-corrected chi connectivity index (χ1v) is 17.2. The third kappa shape index (κ3) is 4.37. The predicted octanol–water partition coefficient (Wildman–Crippen LogP) is 13.0. The lowest BCUT2D eigenvalue weighted by Crippen LogP contribution is -1.97. The molecule has 0 bridgehead atoms. The van der Waals surface area contributed by atoms with E-state index in [9.17, 15) is 0 Å². The van der Waals surface area contributed by atoms with Crippen LogP contribution in [0.5, 0.6) is 0 Å². The van der Waals surface area contributed by atoms with Gasteiger partial charge in [-0.05, 0) is 99.8 Å². The van der Waals surface area contributed by atoms with Crippen LogP contribution in [0.4, 0.5) is 0 Å². The Balaban J connectivity index is 0.934. The Morgan fingerprint density at radius 3 is 1.76 bits per heavy atom. The first-order valence-electron chi connectivity index (χ1n) is 17.2. The van der Waals surface area contributed by atoms with Crippen molar-refractivity contribution in [3.8, 4) is 39.3 Å². The van der Waals surface area contributed by atoms with E-state index >= 15 is 0 Å². The summed E-state index contributed by atoms with van der Waals surface area (Å²) < 4.78 is 14.9. The standard InChI is InChI=1S/C47H28N2O2/c1-2-8-30(9-3-1)47-48-41-11-5-6-12-42(41)49(47)36-21-18-29(19-22-36)31-14-15-33-27-34(17-16-32(33)26-31)35-20-25-44-40(28-35)39-24-23-38-37-10-4-7-13-43(37)50-45(38)46(39)51-44/h1-28H. The lowest BCUT2D eigenvalue weighted by Gasteiger charge is -2.11. The largest absolute Gasteiger partial charge is 0.452 e. The Bertz CT molecular complexity index is 3130. The van der Waals surface area contributed by atoms with Crippen molar-refractivity contribution in [2.24, 2.45) is 0 Å². The van der Waals surface area contributed by atoms with Gasteiger partial charge in [-0.3, -0.25) is 4.57 Å². The lowest BCUT2D eigenvalue weighted by molar-refractivity contribution is 0.633. The van der Waals surface area contributed by atoms with Gasteiger partial charge >= 0.3 is 0 Å². The highest BCUT2D eigenvalue weighted by Gasteiger charge is 2.17. The molecule has 0 saturated heterocycles. The zero-order chi connectivity index (χ0) is 33.5. The molecule has 3 aromatic heterocycles. The normalized spacial score (nSPS) is 11.9. The van der Waals surface area contributed by atoms with Crippen molar-refractivity contribution < 1.29 is 8.83 Å². The van der Waals surface area contributed by atoms with E-state index < -0.39 is 0 Å². The highest BCUT2D eigenvalue weighted by Crippen LogP contribution is 2.40. The molecule has 11 aromatic rings. The molecule has 238 valence electrons. The molecule has 0 aliphatic rings. The second kappa shape index (κ2) is 10.8. The monoisotopic (exact) mass is 652 g/mol. The van der Waals surface area contributed by atoms with Gasteiger partial charge in [-0.25, -0.2) is 4.98 Å². The minimum atomic E-state index is 0.796. The molecule has 0 aliphatic heterocycles. The number of hydrogen-bond donors (Lipinski definition) is 0. The molecule has 0 saturated carbocycles. The van der Waals surface area contributed by atoms with Crippen LogP contribution in [0.25, 0.3) is 105 Å². The fraction of sp³-hybridized carbons (Fsp3) is 0. The van der Waals surface area contributed by atoms with Crippen LogP contribution in [0.1, 0.15) is 0 Å². The quantitative estimate of drug-likeness (QED) is 0.190. The molecule has 4 nitrogen and oxygen atoms in total. The number of imidazole rings is 1. The highest BCUT2D eigenvalue weighted by atomic mass is 16.4. The van der Waals surface area contributed by atoms with Gasteiger partial charge in [0.15, 0.2) is 11.2 Å². The molecule has 0 radical (unpaired) electrons. The van der Waals surface area contributed by atoms with Gasteiger partial charge in [-0.1, -0.05) is 103 Å². The summed E-state index contributed by atoms with van der Waals surface area (Å²) in [5.74, 6) is 0.940. The second-order valence-corrected chi connectivity index (χ2v) is 13.2. The summed E-state index contributed by atoms with van der Waals surface area (Å²) in [7, 11) is 0. The van der Waals surface area contributed by atoms with Crippen molar-refractivity contribution in [1.29, 1.82) is 0 Å². The molecule has 3 heterocycles. The molecule has 0 amide bonds. The molecule has 4 heteroatoms. The predicted molar refractivity (Wildman–Crippen MR) is 209 cm³/mol. The molecule has 0 atom stereocenters. The molecular formula is C47H28N2O2. The van der Waals surface area contributed by atoms with Gasteiger partial charge in [0.1, 0.15) is 17.0 Å². The van der Waals surface area contributed by atoms with Crippen molar-refractivity contribution in [1.82, 2.24) is 9.55 Å². The van der Waals surface area contributed by atoms with E-state index in [1.54, 1.807) is 0 Å². The Morgan fingerprint density at radius 1 is 0.392 bits per heavy atom. The zero-order valence-corrected chi connectivity index (χ0v) is 27.4. The van der Waals surface area contributed by atoms with Gasteiger partial charge in [0, 0.05) is 32.8 Å². The summed E-state index contributed by atoms with van der Waals surface area (Å²) in [6.45, 7) is 0. The Kier molecular flexibility index (Phi) is 5.92. The summed E-state index contributed by atoms with van der Waals surface area (Å²) in [4.78, 5) is 5.00. The highest BCUT2D eigenvalue weighted by molar-refractivity contribution is 6.19. The maximum atomic E-state index is 6.39.